The Labute approximate surface area is 106 Å². The fraction of sp³-hybridized carbons (Fsp3) is 0.200. The van der Waals surface area contributed by atoms with Gasteiger partial charge in [-0.1, -0.05) is 33.6 Å². The molecular formula is C10H9BrClNO3. The van der Waals surface area contributed by atoms with E-state index in [-0.39, 0.29) is 6.42 Å². The van der Waals surface area contributed by atoms with E-state index < -0.39 is 12.0 Å². The quantitative estimate of drug-likeness (QED) is 0.821. The molecule has 0 aromatic heterocycles. The van der Waals surface area contributed by atoms with E-state index in [0.29, 0.717) is 21.5 Å². The zero-order valence-corrected chi connectivity index (χ0v) is 10.5. The number of hydrogen-bond donors (Lipinski definition) is 2. The van der Waals surface area contributed by atoms with Crippen LogP contribution in [0, 0.1) is 0 Å². The third-order valence-corrected chi connectivity index (χ3v) is 2.91. The molecule has 1 amide bonds. The highest BCUT2D eigenvalue weighted by atomic mass is 79.9. The third-order valence-electron chi connectivity index (χ3n) is 1.99. The van der Waals surface area contributed by atoms with Crippen molar-refractivity contribution in [3.8, 4) is 0 Å². The van der Waals surface area contributed by atoms with Gasteiger partial charge >= 0.3 is 5.97 Å². The van der Waals surface area contributed by atoms with Crippen LogP contribution in [0.5, 0.6) is 0 Å². The fourth-order valence-corrected chi connectivity index (χ4v) is 2.26. The molecule has 0 heterocycles. The van der Waals surface area contributed by atoms with E-state index in [0.717, 1.165) is 0 Å². The molecule has 2 N–H and O–H groups in total. The van der Waals surface area contributed by atoms with Gasteiger partial charge in [0, 0.05) is 9.50 Å². The molecule has 0 aliphatic carbocycles. The van der Waals surface area contributed by atoms with E-state index in [1.165, 1.54) is 0 Å². The van der Waals surface area contributed by atoms with Crippen LogP contribution in [0.3, 0.4) is 0 Å². The molecule has 0 saturated heterocycles. The van der Waals surface area contributed by atoms with Crippen molar-refractivity contribution < 1.29 is 14.7 Å². The Balaban J connectivity index is 3.00. The van der Waals surface area contributed by atoms with Crippen LogP contribution >= 0.6 is 27.5 Å². The van der Waals surface area contributed by atoms with Crippen molar-refractivity contribution in [1.82, 2.24) is 5.32 Å². The Morgan fingerprint density at radius 2 is 2.31 bits per heavy atom. The molecular weight excluding hydrogens is 297 g/mol. The summed E-state index contributed by atoms with van der Waals surface area (Å²) in [5.41, 5.74) is 0.680. The smallest absolute Gasteiger partial charge is 0.305 e. The molecule has 1 aromatic carbocycles. The first-order valence-corrected chi connectivity index (χ1v) is 5.58. The lowest BCUT2D eigenvalue weighted by Crippen LogP contribution is -2.22. The maximum Gasteiger partial charge on any atom is 0.305 e. The molecule has 0 unspecified atom stereocenters. The summed E-state index contributed by atoms with van der Waals surface area (Å²) in [5.74, 6) is -0.985. The monoisotopic (exact) mass is 305 g/mol. The highest BCUT2D eigenvalue weighted by Gasteiger charge is 2.17. The zero-order valence-electron chi connectivity index (χ0n) is 8.11. The zero-order chi connectivity index (χ0) is 12.1. The molecule has 0 bridgehead atoms. The van der Waals surface area contributed by atoms with E-state index in [1.54, 1.807) is 18.2 Å². The Kier molecular flexibility index (Phi) is 4.76. The van der Waals surface area contributed by atoms with Crippen LogP contribution in [0.15, 0.2) is 22.7 Å². The summed E-state index contributed by atoms with van der Waals surface area (Å²) in [5, 5.41) is 11.7. The minimum Gasteiger partial charge on any atom is -0.481 e. The molecule has 0 fully saturated rings. The number of aliphatic carboxylic acids is 1. The summed E-state index contributed by atoms with van der Waals surface area (Å²) in [6.45, 7) is 0. The summed E-state index contributed by atoms with van der Waals surface area (Å²) < 4.78 is 0.667. The van der Waals surface area contributed by atoms with Crippen molar-refractivity contribution in [3.63, 3.8) is 0 Å². The summed E-state index contributed by atoms with van der Waals surface area (Å²) in [7, 11) is 0. The SMILES string of the molecule is O=CN[C@H](CC(=O)O)c1ccc(Cl)cc1Br. The van der Waals surface area contributed by atoms with Gasteiger partial charge in [-0.05, 0) is 17.7 Å². The Morgan fingerprint density at radius 1 is 1.62 bits per heavy atom. The maximum atomic E-state index is 10.6. The molecule has 4 nitrogen and oxygen atoms in total. The predicted octanol–water partition coefficient (Wildman–Crippen LogP) is 2.36. The van der Waals surface area contributed by atoms with Gasteiger partial charge in [-0.3, -0.25) is 9.59 Å². The minimum atomic E-state index is -0.985. The van der Waals surface area contributed by atoms with Crippen molar-refractivity contribution in [2.75, 3.05) is 0 Å². The number of nitrogens with one attached hydrogen (secondary N) is 1. The number of benzene rings is 1. The molecule has 1 aromatic rings. The highest BCUT2D eigenvalue weighted by Crippen LogP contribution is 2.28. The second-order valence-corrected chi connectivity index (χ2v) is 4.39. The number of halogens is 2. The fourth-order valence-electron chi connectivity index (χ4n) is 1.30. The van der Waals surface area contributed by atoms with E-state index >= 15 is 0 Å². The van der Waals surface area contributed by atoms with Gasteiger partial charge < -0.3 is 10.4 Å². The van der Waals surface area contributed by atoms with Crippen LogP contribution in [0.2, 0.25) is 5.02 Å². The van der Waals surface area contributed by atoms with Crippen LogP contribution in [0.4, 0.5) is 0 Å². The van der Waals surface area contributed by atoms with Gasteiger partial charge in [-0.25, -0.2) is 0 Å². The normalized spacial score (nSPS) is 11.9. The van der Waals surface area contributed by atoms with Crippen molar-refractivity contribution in [2.24, 2.45) is 0 Å². The van der Waals surface area contributed by atoms with Crippen molar-refractivity contribution in [3.05, 3.63) is 33.3 Å². The van der Waals surface area contributed by atoms with Gasteiger partial charge in [0.25, 0.3) is 0 Å². The van der Waals surface area contributed by atoms with Crippen molar-refractivity contribution in [1.29, 1.82) is 0 Å². The van der Waals surface area contributed by atoms with Gasteiger partial charge in [-0.15, -0.1) is 0 Å². The first-order chi connectivity index (χ1) is 7.54. The lowest BCUT2D eigenvalue weighted by Gasteiger charge is -2.16. The largest absolute Gasteiger partial charge is 0.481 e. The van der Waals surface area contributed by atoms with Crippen LogP contribution in [-0.4, -0.2) is 17.5 Å². The summed E-state index contributed by atoms with van der Waals surface area (Å²) in [6.07, 6.45) is 0.299. The molecule has 86 valence electrons. The van der Waals surface area contributed by atoms with Gasteiger partial charge in [0.15, 0.2) is 0 Å². The Hall–Kier alpha value is -1.07. The number of carboxylic acids is 1. The molecule has 0 aliphatic rings. The van der Waals surface area contributed by atoms with Gasteiger partial charge in [-0.2, -0.15) is 0 Å². The summed E-state index contributed by atoms with van der Waals surface area (Å²) >= 11 is 9.04. The van der Waals surface area contributed by atoms with Crippen LogP contribution in [0.25, 0.3) is 0 Å². The van der Waals surface area contributed by atoms with Crippen LogP contribution in [0.1, 0.15) is 18.0 Å². The van der Waals surface area contributed by atoms with E-state index in [1.807, 2.05) is 0 Å². The van der Waals surface area contributed by atoms with Crippen LogP contribution in [-0.2, 0) is 9.59 Å². The maximum absolute atomic E-state index is 10.6. The third kappa shape index (κ3) is 3.50. The van der Waals surface area contributed by atoms with E-state index in [2.05, 4.69) is 21.2 Å². The number of carbonyl (C=O) groups is 2. The van der Waals surface area contributed by atoms with Crippen molar-refractivity contribution in [2.45, 2.75) is 12.5 Å². The number of hydrogen-bond acceptors (Lipinski definition) is 2. The number of carbonyl (C=O) groups excluding carboxylic acids is 1. The van der Waals surface area contributed by atoms with Gasteiger partial charge in [0.1, 0.15) is 0 Å². The molecule has 0 spiro atoms. The average Bonchev–Trinajstić information content (AvgIpc) is 2.16. The molecule has 1 rings (SSSR count). The first kappa shape index (κ1) is 13.0. The molecule has 0 radical (unpaired) electrons. The van der Waals surface area contributed by atoms with Gasteiger partial charge in [0.05, 0.1) is 12.5 Å². The predicted molar refractivity (Wildman–Crippen MR) is 63.3 cm³/mol. The number of carboxylic acid groups (broad SMARTS) is 1. The Morgan fingerprint density at radius 3 is 2.81 bits per heavy atom. The lowest BCUT2D eigenvalue weighted by molar-refractivity contribution is -0.137. The first-order valence-electron chi connectivity index (χ1n) is 4.41. The highest BCUT2D eigenvalue weighted by molar-refractivity contribution is 9.10. The molecule has 1 atom stereocenters. The molecule has 0 aliphatic heterocycles. The summed E-state index contributed by atoms with van der Waals surface area (Å²) in [4.78, 5) is 21.0. The molecule has 0 saturated carbocycles. The van der Waals surface area contributed by atoms with E-state index in [4.69, 9.17) is 16.7 Å². The average molecular weight is 307 g/mol. The lowest BCUT2D eigenvalue weighted by atomic mass is 10.0. The minimum absolute atomic E-state index is 0.182. The number of rotatable bonds is 5. The van der Waals surface area contributed by atoms with Crippen molar-refractivity contribution >= 4 is 39.9 Å². The number of amides is 1. The van der Waals surface area contributed by atoms with Crippen LogP contribution < -0.4 is 5.32 Å². The standard InChI is InChI=1S/C10H9BrClNO3/c11-8-3-6(12)1-2-7(8)9(13-5-14)4-10(15)16/h1-3,5,9H,4H2,(H,13,14)(H,15,16)/t9-/m1/s1. The van der Waals surface area contributed by atoms with E-state index in [9.17, 15) is 9.59 Å². The summed E-state index contributed by atoms with van der Waals surface area (Å²) in [6, 6.07) is 4.40. The molecule has 6 heteroatoms. The second-order valence-electron chi connectivity index (χ2n) is 3.10. The topological polar surface area (TPSA) is 66.4 Å². The van der Waals surface area contributed by atoms with Gasteiger partial charge in [0.2, 0.25) is 6.41 Å². The Bertz CT molecular complexity index is 411. The second kappa shape index (κ2) is 5.86. The molecule has 16 heavy (non-hydrogen) atoms.